The zero-order chi connectivity index (χ0) is 15.7. The number of halogens is 5. The summed E-state index contributed by atoms with van der Waals surface area (Å²) in [7, 11) is 0. The first-order chi connectivity index (χ1) is 9.04. The number of nitrogens with two attached hydrogens (primary N) is 1. The van der Waals surface area contributed by atoms with Gasteiger partial charge in [-0.1, -0.05) is 25.4 Å². The molecule has 0 aromatic heterocycles. The van der Waals surface area contributed by atoms with E-state index in [0.717, 1.165) is 6.07 Å². The van der Waals surface area contributed by atoms with Gasteiger partial charge in [-0.15, -0.1) is 12.4 Å². The van der Waals surface area contributed by atoms with Gasteiger partial charge in [-0.3, -0.25) is 15.5 Å². The Morgan fingerprint density at radius 2 is 1.90 bits per heavy atom. The van der Waals surface area contributed by atoms with Crippen LogP contribution in [0.2, 0.25) is 5.02 Å². The number of alkyl halides is 3. The van der Waals surface area contributed by atoms with Crippen molar-refractivity contribution in [2.45, 2.75) is 25.9 Å². The molecule has 4 nitrogen and oxygen atoms in total. The van der Waals surface area contributed by atoms with E-state index < -0.39 is 29.5 Å². The SMILES string of the molecule is CC(C)c1cc(Cl)c(C(=O)NC(=N)N)cc1C(F)(F)F.Cl. The molecule has 0 heterocycles. The summed E-state index contributed by atoms with van der Waals surface area (Å²) >= 11 is 5.83. The van der Waals surface area contributed by atoms with E-state index >= 15 is 0 Å². The van der Waals surface area contributed by atoms with Gasteiger partial charge < -0.3 is 5.73 Å². The van der Waals surface area contributed by atoms with E-state index in [1.54, 1.807) is 13.8 Å². The summed E-state index contributed by atoms with van der Waals surface area (Å²) in [6.07, 6.45) is -4.60. The fourth-order valence-electron chi connectivity index (χ4n) is 1.68. The predicted octanol–water partition coefficient (Wildman–Crippen LogP) is 3.53. The zero-order valence-electron chi connectivity index (χ0n) is 11.1. The van der Waals surface area contributed by atoms with Crippen LogP contribution in [0.4, 0.5) is 13.2 Å². The molecule has 1 rings (SSSR count). The largest absolute Gasteiger partial charge is 0.416 e. The Morgan fingerprint density at radius 3 is 2.29 bits per heavy atom. The first-order valence-corrected chi connectivity index (χ1v) is 5.97. The van der Waals surface area contributed by atoms with Crippen LogP contribution in [0.15, 0.2) is 12.1 Å². The van der Waals surface area contributed by atoms with Crippen LogP contribution in [-0.2, 0) is 6.18 Å². The predicted molar refractivity (Wildman–Crippen MR) is 77.2 cm³/mol. The number of carbonyl (C=O) groups excluding carboxylic acids is 1. The Hall–Kier alpha value is -1.47. The lowest BCUT2D eigenvalue weighted by molar-refractivity contribution is -0.138. The van der Waals surface area contributed by atoms with Crippen molar-refractivity contribution in [3.8, 4) is 0 Å². The molecule has 0 saturated carbocycles. The maximum atomic E-state index is 13.0. The molecule has 118 valence electrons. The minimum Gasteiger partial charge on any atom is -0.370 e. The summed E-state index contributed by atoms with van der Waals surface area (Å²) in [6.45, 7) is 3.19. The number of hydrogen-bond acceptors (Lipinski definition) is 2. The standard InChI is InChI=1S/C12H13ClF3N3O.ClH/c1-5(2)6-4-9(13)7(10(20)19-11(17)18)3-8(6)12(14,15)16;/h3-5H,1-2H3,(H4,17,18,19,20);1H. The molecule has 0 fully saturated rings. The summed E-state index contributed by atoms with van der Waals surface area (Å²) < 4.78 is 39.0. The Labute approximate surface area is 130 Å². The van der Waals surface area contributed by atoms with Gasteiger partial charge in [0.15, 0.2) is 5.96 Å². The van der Waals surface area contributed by atoms with E-state index in [9.17, 15) is 18.0 Å². The van der Waals surface area contributed by atoms with Gasteiger partial charge in [0.1, 0.15) is 0 Å². The normalized spacial score (nSPS) is 11.0. The molecule has 0 radical (unpaired) electrons. The van der Waals surface area contributed by atoms with Crippen LogP contribution in [0.1, 0.15) is 41.3 Å². The van der Waals surface area contributed by atoms with Crippen molar-refractivity contribution in [3.63, 3.8) is 0 Å². The van der Waals surface area contributed by atoms with Gasteiger partial charge in [0, 0.05) is 0 Å². The summed E-state index contributed by atoms with van der Waals surface area (Å²) in [5.74, 6) is -2.04. The van der Waals surface area contributed by atoms with Crippen molar-refractivity contribution in [2.24, 2.45) is 5.73 Å². The highest BCUT2D eigenvalue weighted by atomic mass is 35.5. The summed E-state index contributed by atoms with van der Waals surface area (Å²) in [5, 5.41) is 8.69. The molecule has 0 bridgehead atoms. The average Bonchev–Trinajstić information content (AvgIpc) is 2.25. The topological polar surface area (TPSA) is 79.0 Å². The second-order valence-electron chi connectivity index (χ2n) is 4.44. The Kier molecular flexibility index (Phi) is 6.51. The van der Waals surface area contributed by atoms with E-state index in [1.165, 1.54) is 0 Å². The molecule has 9 heteroatoms. The molecule has 0 aliphatic rings. The number of amides is 1. The summed E-state index contributed by atoms with van der Waals surface area (Å²) in [5.41, 5.74) is 3.67. The smallest absolute Gasteiger partial charge is 0.370 e. The Balaban J connectivity index is 0.00000400. The van der Waals surface area contributed by atoms with Crippen molar-refractivity contribution in [1.82, 2.24) is 5.32 Å². The molecule has 0 spiro atoms. The van der Waals surface area contributed by atoms with Crippen molar-refractivity contribution in [3.05, 3.63) is 33.8 Å². The maximum Gasteiger partial charge on any atom is 0.416 e. The molecule has 0 saturated heterocycles. The quantitative estimate of drug-likeness (QED) is 0.567. The fourth-order valence-corrected chi connectivity index (χ4v) is 1.93. The summed E-state index contributed by atoms with van der Waals surface area (Å²) in [4.78, 5) is 11.7. The molecule has 0 aliphatic heterocycles. The first-order valence-electron chi connectivity index (χ1n) is 5.60. The minimum absolute atomic E-state index is 0. The van der Waals surface area contributed by atoms with Gasteiger partial charge in [0.25, 0.3) is 5.91 Å². The maximum absolute atomic E-state index is 13.0. The fraction of sp³-hybridized carbons (Fsp3) is 0.333. The molecule has 1 amide bonds. The highest BCUT2D eigenvalue weighted by Gasteiger charge is 2.35. The second kappa shape index (κ2) is 7.00. The van der Waals surface area contributed by atoms with Crippen LogP contribution in [0.5, 0.6) is 0 Å². The molecular weight excluding hydrogens is 330 g/mol. The lowest BCUT2D eigenvalue weighted by Crippen LogP contribution is -2.36. The van der Waals surface area contributed by atoms with Crippen molar-refractivity contribution >= 4 is 35.9 Å². The lowest BCUT2D eigenvalue weighted by atomic mass is 9.94. The van der Waals surface area contributed by atoms with Crippen molar-refractivity contribution in [2.75, 3.05) is 0 Å². The Morgan fingerprint density at radius 1 is 1.38 bits per heavy atom. The molecule has 1 aromatic rings. The highest BCUT2D eigenvalue weighted by Crippen LogP contribution is 2.38. The molecular formula is C12H14Cl2F3N3O. The van der Waals surface area contributed by atoms with E-state index in [1.807, 2.05) is 5.32 Å². The van der Waals surface area contributed by atoms with E-state index in [4.69, 9.17) is 22.7 Å². The lowest BCUT2D eigenvalue weighted by Gasteiger charge is -2.18. The van der Waals surface area contributed by atoms with Gasteiger partial charge >= 0.3 is 6.18 Å². The van der Waals surface area contributed by atoms with Gasteiger partial charge in [-0.05, 0) is 23.6 Å². The van der Waals surface area contributed by atoms with Gasteiger partial charge in [0.05, 0.1) is 16.1 Å². The van der Waals surface area contributed by atoms with Crippen LogP contribution in [0.25, 0.3) is 0 Å². The molecule has 0 unspecified atom stereocenters. The molecule has 0 atom stereocenters. The average molecular weight is 344 g/mol. The van der Waals surface area contributed by atoms with Gasteiger partial charge in [-0.25, -0.2) is 0 Å². The van der Waals surface area contributed by atoms with Crippen LogP contribution in [-0.4, -0.2) is 11.9 Å². The second-order valence-corrected chi connectivity index (χ2v) is 4.85. The highest BCUT2D eigenvalue weighted by molar-refractivity contribution is 6.34. The van der Waals surface area contributed by atoms with Crippen molar-refractivity contribution < 1.29 is 18.0 Å². The Bertz CT molecular complexity index is 559. The number of hydrogen-bond donors (Lipinski definition) is 3. The number of rotatable bonds is 2. The molecule has 0 aliphatic carbocycles. The van der Waals surface area contributed by atoms with Crippen LogP contribution < -0.4 is 11.1 Å². The minimum atomic E-state index is -4.60. The van der Waals surface area contributed by atoms with Crippen LogP contribution in [0.3, 0.4) is 0 Å². The number of nitrogens with one attached hydrogen (secondary N) is 2. The van der Waals surface area contributed by atoms with E-state index in [2.05, 4.69) is 0 Å². The monoisotopic (exact) mass is 343 g/mol. The third-order valence-electron chi connectivity index (χ3n) is 2.56. The van der Waals surface area contributed by atoms with E-state index in [-0.39, 0.29) is 28.6 Å². The van der Waals surface area contributed by atoms with Crippen LogP contribution >= 0.6 is 24.0 Å². The van der Waals surface area contributed by atoms with Gasteiger partial charge in [0.2, 0.25) is 0 Å². The summed E-state index contributed by atoms with van der Waals surface area (Å²) in [6, 6.07) is 1.79. The number of guanidine groups is 1. The molecule has 1 aromatic carbocycles. The number of carbonyl (C=O) groups is 1. The molecule has 4 N–H and O–H groups in total. The van der Waals surface area contributed by atoms with Gasteiger partial charge in [-0.2, -0.15) is 13.2 Å². The van der Waals surface area contributed by atoms with E-state index in [0.29, 0.717) is 6.07 Å². The zero-order valence-corrected chi connectivity index (χ0v) is 12.7. The van der Waals surface area contributed by atoms with Crippen LogP contribution in [0, 0.1) is 5.41 Å². The third kappa shape index (κ3) is 4.78. The first kappa shape index (κ1) is 19.5. The third-order valence-corrected chi connectivity index (χ3v) is 2.87. The van der Waals surface area contributed by atoms with Crippen molar-refractivity contribution in [1.29, 1.82) is 5.41 Å². The number of benzene rings is 1. The molecule has 21 heavy (non-hydrogen) atoms.